The Balaban J connectivity index is 1.77. The Morgan fingerprint density at radius 1 is 1.27 bits per heavy atom. The van der Waals surface area contributed by atoms with Gasteiger partial charge >= 0.3 is 0 Å². The maximum absolute atomic E-state index is 5.89. The quantitative estimate of drug-likeness (QED) is 0.928. The van der Waals surface area contributed by atoms with E-state index in [0.29, 0.717) is 18.4 Å². The third-order valence-corrected chi connectivity index (χ3v) is 3.73. The first-order valence-corrected chi connectivity index (χ1v) is 7.15. The maximum atomic E-state index is 5.89. The highest BCUT2D eigenvalue weighted by atomic mass is 16.5. The fraction of sp³-hybridized carbons (Fsp3) is 0.375. The van der Waals surface area contributed by atoms with Gasteiger partial charge in [-0.05, 0) is 24.5 Å². The van der Waals surface area contributed by atoms with Crippen LogP contribution >= 0.6 is 0 Å². The number of ether oxygens (including phenoxy) is 3. The summed E-state index contributed by atoms with van der Waals surface area (Å²) in [7, 11) is 3.22. The molecule has 6 heteroatoms. The second-order valence-electron chi connectivity index (χ2n) is 5.29. The molecule has 22 heavy (non-hydrogen) atoms. The van der Waals surface area contributed by atoms with E-state index in [0.717, 1.165) is 35.6 Å². The maximum Gasteiger partial charge on any atom is 0.223 e. The minimum Gasteiger partial charge on any atom is -0.493 e. The molecular weight excluding hydrogens is 282 g/mol. The van der Waals surface area contributed by atoms with Gasteiger partial charge in [0.2, 0.25) is 11.8 Å². The molecule has 0 saturated carbocycles. The topological polar surface area (TPSA) is 79.5 Å². The average Bonchev–Trinajstić information content (AvgIpc) is 2.53. The van der Waals surface area contributed by atoms with Crippen molar-refractivity contribution in [3.63, 3.8) is 0 Å². The lowest BCUT2D eigenvalue weighted by Crippen LogP contribution is -2.23. The van der Waals surface area contributed by atoms with Crippen LogP contribution in [0.5, 0.6) is 17.4 Å². The number of hydrogen-bond acceptors (Lipinski definition) is 6. The van der Waals surface area contributed by atoms with Crippen LogP contribution in [0.25, 0.3) is 0 Å². The molecule has 116 valence electrons. The van der Waals surface area contributed by atoms with E-state index >= 15 is 0 Å². The molecule has 1 atom stereocenters. The summed E-state index contributed by atoms with van der Waals surface area (Å²) in [5.74, 6) is 2.68. The number of hydrogen-bond donors (Lipinski definition) is 1. The van der Waals surface area contributed by atoms with Crippen molar-refractivity contribution in [1.82, 2.24) is 9.97 Å². The molecule has 0 fully saturated rings. The molecule has 1 aromatic heterocycles. The van der Waals surface area contributed by atoms with E-state index < -0.39 is 0 Å². The number of para-hydroxylation sites is 1. The lowest BCUT2D eigenvalue weighted by atomic mass is 9.92. The lowest BCUT2D eigenvalue weighted by Gasteiger charge is -2.26. The van der Waals surface area contributed by atoms with Gasteiger partial charge in [0, 0.05) is 12.0 Å². The van der Waals surface area contributed by atoms with Crippen LogP contribution in [0.2, 0.25) is 0 Å². The van der Waals surface area contributed by atoms with Crippen LogP contribution in [-0.4, -0.2) is 30.8 Å². The largest absolute Gasteiger partial charge is 0.493 e. The number of nitrogen functional groups attached to an aromatic ring is 1. The van der Waals surface area contributed by atoms with Gasteiger partial charge in [0.1, 0.15) is 0 Å². The predicted molar refractivity (Wildman–Crippen MR) is 82.4 cm³/mol. The van der Waals surface area contributed by atoms with Crippen LogP contribution in [0.15, 0.2) is 24.3 Å². The van der Waals surface area contributed by atoms with E-state index in [4.69, 9.17) is 19.9 Å². The second kappa shape index (κ2) is 6.09. The van der Waals surface area contributed by atoms with Gasteiger partial charge in [-0.25, -0.2) is 4.98 Å². The number of rotatable bonds is 4. The van der Waals surface area contributed by atoms with Crippen LogP contribution in [0, 0.1) is 5.92 Å². The van der Waals surface area contributed by atoms with Crippen molar-refractivity contribution in [2.75, 3.05) is 26.6 Å². The monoisotopic (exact) mass is 301 g/mol. The van der Waals surface area contributed by atoms with Gasteiger partial charge in [0.25, 0.3) is 0 Å². The Hall–Kier alpha value is -2.50. The molecule has 0 radical (unpaired) electrons. The van der Waals surface area contributed by atoms with E-state index in [9.17, 15) is 0 Å². The van der Waals surface area contributed by atoms with Crippen molar-refractivity contribution in [2.45, 2.75) is 12.8 Å². The summed E-state index contributed by atoms with van der Waals surface area (Å²) >= 11 is 0. The van der Waals surface area contributed by atoms with E-state index in [-0.39, 0.29) is 5.95 Å². The van der Waals surface area contributed by atoms with Gasteiger partial charge in [0.05, 0.1) is 26.5 Å². The molecule has 0 saturated heterocycles. The van der Waals surface area contributed by atoms with Crippen molar-refractivity contribution in [3.05, 3.63) is 35.5 Å². The summed E-state index contributed by atoms with van der Waals surface area (Å²) in [6.45, 7) is 0.625. The summed E-state index contributed by atoms with van der Waals surface area (Å²) < 4.78 is 16.4. The summed E-state index contributed by atoms with van der Waals surface area (Å²) in [4.78, 5) is 8.27. The minimum atomic E-state index is 0.230. The molecule has 2 N–H and O–H groups in total. The molecule has 0 bridgehead atoms. The number of methoxy groups -OCH3 is 2. The van der Waals surface area contributed by atoms with E-state index in [1.165, 1.54) is 0 Å². The second-order valence-corrected chi connectivity index (χ2v) is 5.29. The van der Waals surface area contributed by atoms with E-state index in [1.807, 2.05) is 18.2 Å². The highest BCUT2D eigenvalue weighted by Gasteiger charge is 2.23. The molecular formula is C16H19N3O3. The molecule has 0 aliphatic carbocycles. The minimum absolute atomic E-state index is 0.230. The van der Waals surface area contributed by atoms with Crippen molar-refractivity contribution >= 4 is 5.95 Å². The number of nitrogens with zero attached hydrogens (tertiary/aromatic N) is 2. The van der Waals surface area contributed by atoms with Crippen LogP contribution in [-0.2, 0) is 12.8 Å². The van der Waals surface area contributed by atoms with E-state index in [1.54, 1.807) is 14.2 Å². The first-order chi connectivity index (χ1) is 10.7. The molecule has 1 aliphatic heterocycles. The number of anilines is 1. The molecule has 2 aromatic rings. The SMILES string of the molecule is COc1cc(C[C@H]2COc3c(cccc3OC)C2)nc(N)n1. The fourth-order valence-corrected chi connectivity index (χ4v) is 2.75. The van der Waals surface area contributed by atoms with Crippen LogP contribution in [0.1, 0.15) is 11.3 Å². The van der Waals surface area contributed by atoms with Crippen LogP contribution in [0.4, 0.5) is 5.95 Å². The Kier molecular flexibility index (Phi) is 4.00. The Labute approximate surface area is 129 Å². The third kappa shape index (κ3) is 2.90. The summed E-state index contributed by atoms with van der Waals surface area (Å²) in [6, 6.07) is 7.78. The molecule has 0 unspecified atom stereocenters. The highest BCUT2D eigenvalue weighted by molar-refractivity contribution is 5.47. The summed E-state index contributed by atoms with van der Waals surface area (Å²) in [6.07, 6.45) is 1.68. The van der Waals surface area contributed by atoms with Gasteiger partial charge in [0.15, 0.2) is 11.5 Å². The number of benzene rings is 1. The zero-order chi connectivity index (χ0) is 15.5. The summed E-state index contributed by atoms with van der Waals surface area (Å²) in [5, 5.41) is 0. The molecule has 0 spiro atoms. The van der Waals surface area contributed by atoms with Crippen molar-refractivity contribution in [3.8, 4) is 17.4 Å². The van der Waals surface area contributed by atoms with Crippen molar-refractivity contribution < 1.29 is 14.2 Å². The zero-order valence-electron chi connectivity index (χ0n) is 12.7. The smallest absolute Gasteiger partial charge is 0.223 e. The van der Waals surface area contributed by atoms with Crippen LogP contribution in [0.3, 0.4) is 0 Å². The molecule has 0 amide bonds. The Bertz CT molecular complexity index is 676. The molecule has 3 rings (SSSR count). The first-order valence-electron chi connectivity index (χ1n) is 7.15. The number of nitrogens with two attached hydrogens (primary N) is 1. The van der Waals surface area contributed by atoms with Crippen molar-refractivity contribution in [2.24, 2.45) is 5.92 Å². The standard InChI is InChI=1S/C16H19N3O3/c1-20-13-5-3-4-11-6-10(9-22-15(11)13)7-12-8-14(21-2)19-16(17)18-12/h3-5,8,10H,6-7,9H2,1-2H3,(H2,17,18,19)/t10-/m0/s1. The lowest BCUT2D eigenvalue weighted by molar-refractivity contribution is 0.210. The fourth-order valence-electron chi connectivity index (χ4n) is 2.75. The van der Waals surface area contributed by atoms with Gasteiger partial charge in [-0.2, -0.15) is 4.98 Å². The first kappa shape index (κ1) is 14.4. The molecule has 1 aromatic carbocycles. The highest BCUT2D eigenvalue weighted by Crippen LogP contribution is 2.36. The predicted octanol–water partition coefficient (Wildman–Crippen LogP) is 1.87. The number of fused-ring (bicyclic) bond motifs is 1. The van der Waals surface area contributed by atoms with E-state index in [2.05, 4.69) is 16.0 Å². The average molecular weight is 301 g/mol. The Morgan fingerprint density at radius 2 is 2.14 bits per heavy atom. The zero-order valence-corrected chi connectivity index (χ0v) is 12.7. The molecule has 2 heterocycles. The normalized spacial score (nSPS) is 16.5. The van der Waals surface area contributed by atoms with Gasteiger partial charge in [-0.1, -0.05) is 12.1 Å². The number of aromatic nitrogens is 2. The van der Waals surface area contributed by atoms with Gasteiger partial charge < -0.3 is 19.9 Å². The molecule has 6 nitrogen and oxygen atoms in total. The van der Waals surface area contributed by atoms with Crippen LogP contribution < -0.4 is 19.9 Å². The molecule has 1 aliphatic rings. The van der Waals surface area contributed by atoms with Gasteiger partial charge in [-0.15, -0.1) is 0 Å². The van der Waals surface area contributed by atoms with Gasteiger partial charge in [-0.3, -0.25) is 0 Å². The summed E-state index contributed by atoms with van der Waals surface area (Å²) in [5.41, 5.74) is 7.73. The Morgan fingerprint density at radius 3 is 2.91 bits per heavy atom. The third-order valence-electron chi connectivity index (χ3n) is 3.73. The van der Waals surface area contributed by atoms with Crippen molar-refractivity contribution in [1.29, 1.82) is 0 Å².